The summed E-state index contributed by atoms with van der Waals surface area (Å²) in [4.78, 5) is 17.3. The maximum Gasteiger partial charge on any atom is 0.240 e. The SMILES string of the molecule is C[C@@H](NC(=O)Cn1c(-c2cccs2)n[nH]c1=S)c1ccncc1. The highest BCUT2D eigenvalue weighted by Crippen LogP contribution is 2.22. The molecule has 2 N–H and O–H groups in total. The van der Waals surface area contributed by atoms with Crippen molar-refractivity contribution < 1.29 is 4.79 Å². The molecule has 0 spiro atoms. The summed E-state index contributed by atoms with van der Waals surface area (Å²) in [6.07, 6.45) is 3.41. The van der Waals surface area contributed by atoms with Crippen molar-refractivity contribution in [1.82, 2.24) is 25.1 Å². The summed E-state index contributed by atoms with van der Waals surface area (Å²) in [5.41, 5.74) is 1.00. The molecule has 0 bridgehead atoms. The third-order valence-corrected chi connectivity index (χ3v) is 4.56. The van der Waals surface area contributed by atoms with Crippen LogP contribution in [-0.4, -0.2) is 25.7 Å². The van der Waals surface area contributed by atoms with Crippen LogP contribution in [0.2, 0.25) is 0 Å². The first-order chi connectivity index (χ1) is 11.1. The molecular weight excluding hydrogens is 330 g/mol. The Balaban J connectivity index is 1.74. The molecule has 3 aromatic rings. The number of pyridine rings is 1. The zero-order chi connectivity index (χ0) is 16.2. The van der Waals surface area contributed by atoms with Gasteiger partial charge in [-0.25, -0.2) is 0 Å². The summed E-state index contributed by atoms with van der Waals surface area (Å²) in [6.45, 7) is 2.06. The van der Waals surface area contributed by atoms with Gasteiger partial charge in [0.25, 0.3) is 0 Å². The number of hydrogen-bond donors (Lipinski definition) is 2. The molecule has 23 heavy (non-hydrogen) atoms. The topological polar surface area (TPSA) is 75.6 Å². The summed E-state index contributed by atoms with van der Waals surface area (Å²) < 4.78 is 2.13. The Morgan fingerprint density at radius 1 is 1.43 bits per heavy atom. The van der Waals surface area contributed by atoms with Gasteiger partial charge in [-0.3, -0.25) is 19.4 Å². The van der Waals surface area contributed by atoms with E-state index in [0.29, 0.717) is 10.6 Å². The normalized spacial score (nSPS) is 12.0. The van der Waals surface area contributed by atoms with Crippen LogP contribution < -0.4 is 5.32 Å². The van der Waals surface area contributed by atoms with Gasteiger partial charge in [-0.1, -0.05) is 6.07 Å². The number of aromatic amines is 1. The standard InChI is InChI=1S/C15H15N5OS2/c1-10(11-4-6-16-7-5-11)17-13(21)9-20-14(18-19-15(20)22)12-3-2-8-23-12/h2-8,10H,9H2,1H3,(H,17,21)(H,19,22)/t10-/m1/s1. The van der Waals surface area contributed by atoms with Gasteiger partial charge in [0.1, 0.15) is 6.54 Å². The molecule has 1 amide bonds. The molecule has 0 saturated carbocycles. The van der Waals surface area contributed by atoms with E-state index in [9.17, 15) is 4.79 Å². The number of H-pyrrole nitrogens is 1. The Morgan fingerprint density at radius 2 is 2.22 bits per heavy atom. The van der Waals surface area contributed by atoms with Gasteiger partial charge in [-0.2, -0.15) is 5.10 Å². The predicted octanol–water partition coefficient (Wildman–Crippen LogP) is 2.94. The Bertz CT molecular complexity index is 838. The first kappa shape index (κ1) is 15.6. The number of aromatic nitrogens is 4. The second kappa shape index (κ2) is 6.84. The van der Waals surface area contributed by atoms with E-state index in [1.165, 1.54) is 0 Å². The van der Waals surface area contributed by atoms with Crippen molar-refractivity contribution in [2.24, 2.45) is 0 Å². The molecule has 6 nitrogen and oxygen atoms in total. The van der Waals surface area contributed by atoms with Crippen LogP contribution in [-0.2, 0) is 11.3 Å². The molecule has 118 valence electrons. The average molecular weight is 345 g/mol. The highest BCUT2D eigenvalue weighted by molar-refractivity contribution is 7.71. The van der Waals surface area contributed by atoms with Gasteiger partial charge in [0.05, 0.1) is 10.9 Å². The van der Waals surface area contributed by atoms with Gasteiger partial charge >= 0.3 is 0 Å². The van der Waals surface area contributed by atoms with E-state index in [-0.39, 0.29) is 18.5 Å². The zero-order valence-electron chi connectivity index (χ0n) is 12.4. The summed E-state index contributed by atoms with van der Waals surface area (Å²) >= 11 is 6.79. The first-order valence-electron chi connectivity index (χ1n) is 7.03. The summed E-state index contributed by atoms with van der Waals surface area (Å²) in [5, 5.41) is 11.9. The number of carbonyl (C=O) groups is 1. The van der Waals surface area contributed by atoms with Gasteiger partial charge in [0, 0.05) is 12.4 Å². The van der Waals surface area contributed by atoms with E-state index in [1.54, 1.807) is 28.3 Å². The van der Waals surface area contributed by atoms with Crippen LogP contribution in [0.3, 0.4) is 0 Å². The molecule has 0 aromatic carbocycles. The number of nitrogens with one attached hydrogen (secondary N) is 2. The zero-order valence-corrected chi connectivity index (χ0v) is 14.0. The first-order valence-corrected chi connectivity index (χ1v) is 8.32. The predicted molar refractivity (Wildman–Crippen MR) is 91.5 cm³/mol. The fourth-order valence-electron chi connectivity index (χ4n) is 2.22. The fraction of sp³-hybridized carbons (Fsp3) is 0.200. The Hall–Kier alpha value is -2.32. The maximum atomic E-state index is 12.3. The van der Waals surface area contributed by atoms with E-state index in [4.69, 9.17) is 12.2 Å². The van der Waals surface area contributed by atoms with Gasteiger partial charge < -0.3 is 5.32 Å². The van der Waals surface area contributed by atoms with Crippen LogP contribution in [0.4, 0.5) is 0 Å². The van der Waals surface area contributed by atoms with E-state index in [2.05, 4.69) is 20.5 Å². The molecule has 0 saturated heterocycles. The third kappa shape index (κ3) is 3.54. The van der Waals surface area contributed by atoms with Crippen molar-refractivity contribution in [3.63, 3.8) is 0 Å². The van der Waals surface area contributed by atoms with E-state index < -0.39 is 0 Å². The van der Waals surface area contributed by atoms with Crippen molar-refractivity contribution in [2.45, 2.75) is 19.5 Å². The average Bonchev–Trinajstić information content (AvgIpc) is 3.19. The summed E-state index contributed by atoms with van der Waals surface area (Å²) in [7, 11) is 0. The molecule has 3 aromatic heterocycles. The largest absolute Gasteiger partial charge is 0.348 e. The van der Waals surface area contributed by atoms with Crippen molar-refractivity contribution in [3.8, 4) is 10.7 Å². The highest BCUT2D eigenvalue weighted by Gasteiger charge is 2.15. The molecule has 1 atom stereocenters. The molecule has 0 radical (unpaired) electrons. The highest BCUT2D eigenvalue weighted by atomic mass is 32.1. The molecule has 3 heterocycles. The number of amides is 1. The molecule has 0 unspecified atom stereocenters. The Morgan fingerprint density at radius 3 is 2.91 bits per heavy atom. The lowest BCUT2D eigenvalue weighted by Gasteiger charge is -2.14. The number of hydrogen-bond acceptors (Lipinski definition) is 5. The molecule has 3 rings (SSSR count). The lowest BCUT2D eigenvalue weighted by atomic mass is 10.1. The van der Waals surface area contributed by atoms with Gasteiger partial charge in [-0.05, 0) is 48.3 Å². The smallest absolute Gasteiger partial charge is 0.240 e. The molecule has 0 aliphatic carbocycles. The van der Waals surface area contributed by atoms with Gasteiger partial charge in [0.15, 0.2) is 10.6 Å². The molecular formula is C15H15N5OS2. The number of carbonyl (C=O) groups excluding carboxylic acids is 1. The molecule has 8 heteroatoms. The summed E-state index contributed by atoms with van der Waals surface area (Å²) in [5.74, 6) is 0.557. The van der Waals surface area contributed by atoms with E-state index >= 15 is 0 Å². The lowest BCUT2D eigenvalue weighted by molar-refractivity contribution is -0.122. The van der Waals surface area contributed by atoms with Crippen LogP contribution in [0.25, 0.3) is 10.7 Å². The minimum atomic E-state index is -0.121. The summed E-state index contributed by atoms with van der Waals surface area (Å²) in [6, 6.07) is 7.55. The van der Waals surface area contributed by atoms with Crippen molar-refractivity contribution in [2.75, 3.05) is 0 Å². The van der Waals surface area contributed by atoms with Crippen LogP contribution >= 0.6 is 23.6 Å². The van der Waals surface area contributed by atoms with Crippen LogP contribution in [0.1, 0.15) is 18.5 Å². The number of thiophene rings is 1. The second-order valence-electron chi connectivity index (χ2n) is 4.99. The molecule has 0 aliphatic rings. The minimum Gasteiger partial charge on any atom is -0.348 e. The second-order valence-corrected chi connectivity index (χ2v) is 6.32. The van der Waals surface area contributed by atoms with E-state index in [1.807, 2.05) is 36.6 Å². The Kier molecular flexibility index (Phi) is 4.63. The van der Waals surface area contributed by atoms with Crippen LogP contribution in [0.15, 0.2) is 42.0 Å². The maximum absolute atomic E-state index is 12.3. The van der Waals surface area contributed by atoms with Crippen molar-refractivity contribution in [3.05, 3.63) is 52.4 Å². The Labute approximate surface area is 142 Å². The lowest BCUT2D eigenvalue weighted by Crippen LogP contribution is -2.30. The monoisotopic (exact) mass is 345 g/mol. The van der Waals surface area contributed by atoms with Gasteiger partial charge in [0.2, 0.25) is 5.91 Å². The fourth-order valence-corrected chi connectivity index (χ4v) is 3.14. The van der Waals surface area contributed by atoms with Gasteiger partial charge in [-0.15, -0.1) is 11.3 Å². The van der Waals surface area contributed by atoms with E-state index in [0.717, 1.165) is 10.4 Å². The van der Waals surface area contributed by atoms with Crippen molar-refractivity contribution >= 4 is 29.5 Å². The quantitative estimate of drug-likeness (QED) is 0.697. The van der Waals surface area contributed by atoms with Crippen molar-refractivity contribution in [1.29, 1.82) is 0 Å². The third-order valence-electron chi connectivity index (χ3n) is 3.39. The van der Waals surface area contributed by atoms with Crippen LogP contribution in [0, 0.1) is 4.77 Å². The number of rotatable bonds is 5. The molecule has 0 aliphatic heterocycles. The number of nitrogens with zero attached hydrogens (tertiary/aromatic N) is 3. The minimum absolute atomic E-state index is 0.100. The van der Waals surface area contributed by atoms with Crippen LogP contribution in [0.5, 0.6) is 0 Å². The molecule has 0 fully saturated rings.